The molecule has 0 aromatic carbocycles. The average molecular weight is 258 g/mol. The summed E-state index contributed by atoms with van der Waals surface area (Å²) in [7, 11) is 0. The Morgan fingerprint density at radius 3 is 3.25 bits per heavy atom. The molecule has 1 aromatic rings. The Hall–Kier alpha value is -0.300. The van der Waals surface area contributed by atoms with Gasteiger partial charge in [0.15, 0.2) is 5.13 Å². The lowest BCUT2D eigenvalue weighted by molar-refractivity contribution is 0.275. The van der Waals surface area contributed by atoms with Crippen molar-refractivity contribution < 1.29 is 0 Å². The lowest BCUT2D eigenvalue weighted by Gasteiger charge is -2.31. The number of rotatable bonds is 4. The largest absolute Gasteiger partial charge is 0.300 e. The maximum atomic E-state index is 5.32. The highest BCUT2D eigenvalue weighted by Crippen LogP contribution is 2.24. The van der Waals surface area contributed by atoms with Crippen molar-refractivity contribution in [3.05, 3.63) is 11.1 Å². The first-order valence-corrected chi connectivity index (χ1v) is 7.43. The Kier molecular flexibility index (Phi) is 4.45. The van der Waals surface area contributed by atoms with Crippen LogP contribution in [0, 0.1) is 0 Å². The average Bonchev–Trinajstić information content (AvgIpc) is 2.77. The second-order valence-corrected chi connectivity index (χ2v) is 6.44. The first kappa shape index (κ1) is 12.2. The van der Waals surface area contributed by atoms with E-state index in [4.69, 9.17) is 5.84 Å². The number of nitrogens with two attached hydrogens (primary N) is 1. The van der Waals surface area contributed by atoms with Crippen LogP contribution >= 0.6 is 23.1 Å². The molecule has 1 aliphatic rings. The van der Waals surface area contributed by atoms with Crippen molar-refractivity contribution in [3.63, 3.8) is 0 Å². The van der Waals surface area contributed by atoms with Gasteiger partial charge in [-0.25, -0.2) is 10.8 Å². The fraction of sp³-hybridized carbons (Fsp3) is 0.700. The number of thioether (sulfide) groups is 1. The molecule has 0 saturated carbocycles. The summed E-state index contributed by atoms with van der Waals surface area (Å²) in [4.78, 5) is 7.99. The van der Waals surface area contributed by atoms with Gasteiger partial charge in [-0.15, -0.1) is 0 Å². The van der Waals surface area contributed by atoms with Crippen LogP contribution < -0.4 is 11.3 Å². The quantitative estimate of drug-likeness (QED) is 0.636. The van der Waals surface area contributed by atoms with Gasteiger partial charge in [0, 0.05) is 41.7 Å². The van der Waals surface area contributed by atoms with E-state index < -0.39 is 0 Å². The SMILES string of the molecule is CCC1CN(Cc2cnc(NN)s2)CCS1. The van der Waals surface area contributed by atoms with Crippen LogP contribution in [0.25, 0.3) is 0 Å². The monoisotopic (exact) mass is 258 g/mol. The molecule has 0 radical (unpaired) electrons. The number of hydrogen-bond acceptors (Lipinski definition) is 6. The molecule has 2 rings (SSSR count). The normalized spacial score (nSPS) is 22.2. The smallest absolute Gasteiger partial charge is 0.197 e. The van der Waals surface area contributed by atoms with E-state index in [1.807, 2.05) is 6.20 Å². The molecule has 1 aliphatic heterocycles. The van der Waals surface area contributed by atoms with Gasteiger partial charge in [-0.1, -0.05) is 18.3 Å². The number of nitrogens with one attached hydrogen (secondary N) is 1. The molecule has 16 heavy (non-hydrogen) atoms. The molecule has 1 aromatic heterocycles. The first-order chi connectivity index (χ1) is 7.81. The molecular weight excluding hydrogens is 240 g/mol. The summed E-state index contributed by atoms with van der Waals surface area (Å²) in [5, 5.41) is 1.60. The number of anilines is 1. The van der Waals surface area contributed by atoms with Gasteiger partial charge in [-0.3, -0.25) is 10.3 Å². The van der Waals surface area contributed by atoms with Gasteiger partial charge in [0.1, 0.15) is 0 Å². The molecule has 0 aliphatic carbocycles. The Labute approximate surface area is 105 Å². The Bertz CT molecular complexity index is 328. The molecule has 1 saturated heterocycles. The summed E-state index contributed by atoms with van der Waals surface area (Å²) < 4.78 is 0. The highest BCUT2D eigenvalue weighted by Gasteiger charge is 2.19. The van der Waals surface area contributed by atoms with Crippen LogP contribution in [0.3, 0.4) is 0 Å². The molecule has 4 nitrogen and oxygen atoms in total. The topological polar surface area (TPSA) is 54.2 Å². The Morgan fingerprint density at radius 1 is 1.69 bits per heavy atom. The van der Waals surface area contributed by atoms with Gasteiger partial charge in [-0.2, -0.15) is 11.8 Å². The fourth-order valence-electron chi connectivity index (χ4n) is 1.84. The zero-order valence-electron chi connectivity index (χ0n) is 9.48. The molecule has 1 fully saturated rings. The van der Waals surface area contributed by atoms with Gasteiger partial charge in [-0.05, 0) is 6.42 Å². The van der Waals surface area contributed by atoms with Crippen LogP contribution in [-0.4, -0.2) is 34.0 Å². The van der Waals surface area contributed by atoms with E-state index in [2.05, 4.69) is 34.0 Å². The molecule has 0 spiro atoms. The minimum atomic E-state index is 0.799. The van der Waals surface area contributed by atoms with E-state index in [9.17, 15) is 0 Å². The zero-order chi connectivity index (χ0) is 11.4. The highest BCUT2D eigenvalue weighted by molar-refractivity contribution is 8.00. The summed E-state index contributed by atoms with van der Waals surface area (Å²) >= 11 is 3.74. The second kappa shape index (κ2) is 5.86. The lowest BCUT2D eigenvalue weighted by Crippen LogP contribution is -2.36. The molecule has 6 heteroatoms. The number of nitrogen functional groups attached to an aromatic ring is 1. The van der Waals surface area contributed by atoms with Crippen LogP contribution in [0.4, 0.5) is 5.13 Å². The molecule has 90 valence electrons. The third-order valence-electron chi connectivity index (χ3n) is 2.73. The standard InChI is InChI=1S/C10H18N4S2/c1-2-8-6-14(3-4-15-8)7-9-5-12-10(13-11)16-9/h5,8H,2-4,6-7,11H2,1H3,(H,12,13). The molecular formula is C10H18N4S2. The lowest BCUT2D eigenvalue weighted by atomic mass is 10.3. The fourth-order valence-corrected chi connectivity index (χ4v) is 3.85. The van der Waals surface area contributed by atoms with Crippen molar-refractivity contribution in [2.24, 2.45) is 5.84 Å². The minimum absolute atomic E-state index is 0.799. The van der Waals surface area contributed by atoms with Crippen molar-refractivity contribution in [2.75, 3.05) is 24.3 Å². The molecule has 2 heterocycles. The predicted octanol–water partition coefficient (Wildman–Crippen LogP) is 1.76. The summed E-state index contributed by atoms with van der Waals surface area (Å²) in [5.74, 6) is 6.57. The van der Waals surface area contributed by atoms with E-state index in [0.717, 1.165) is 16.9 Å². The Morgan fingerprint density at radius 2 is 2.56 bits per heavy atom. The predicted molar refractivity (Wildman–Crippen MR) is 71.7 cm³/mol. The molecule has 0 amide bonds. The third kappa shape index (κ3) is 3.10. The van der Waals surface area contributed by atoms with Gasteiger partial charge in [0.25, 0.3) is 0 Å². The summed E-state index contributed by atoms with van der Waals surface area (Å²) in [6.07, 6.45) is 3.18. The number of hydrazine groups is 1. The zero-order valence-corrected chi connectivity index (χ0v) is 11.1. The van der Waals surface area contributed by atoms with E-state index in [1.165, 1.54) is 30.1 Å². The van der Waals surface area contributed by atoms with Crippen LogP contribution in [0.5, 0.6) is 0 Å². The van der Waals surface area contributed by atoms with Gasteiger partial charge in [0.2, 0.25) is 0 Å². The van der Waals surface area contributed by atoms with Crippen LogP contribution in [0.2, 0.25) is 0 Å². The molecule has 1 unspecified atom stereocenters. The maximum absolute atomic E-state index is 5.32. The summed E-state index contributed by atoms with van der Waals surface area (Å²) in [5.41, 5.74) is 2.59. The molecule has 3 N–H and O–H groups in total. The number of aromatic nitrogens is 1. The van der Waals surface area contributed by atoms with E-state index >= 15 is 0 Å². The van der Waals surface area contributed by atoms with Crippen molar-refractivity contribution in [1.82, 2.24) is 9.88 Å². The van der Waals surface area contributed by atoms with E-state index in [1.54, 1.807) is 11.3 Å². The van der Waals surface area contributed by atoms with Crippen LogP contribution in [0.1, 0.15) is 18.2 Å². The van der Waals surface area contributed by atoms with Crippen LogP contribution in [-0.2, 0) is 6.54 Å². The molecule has 0 bridgehead atoms. The number of nitrogens with zero attached hydrogens (tertiary/aromatic N) is 2. The van der Waals surface area contributed by atoms with Crippen LogP contribution in [0.15, 0.2) is 6.20 Å². The van der Waals surface area contributed by atoms with Crippen molar-refractivity contribution >= 4 is 28.2 Å². The number of thiazole rings is 1. The van der Waals surface area contributed by atoms with E-state index in [-0.39, 0.29) is 0 Å². The van der Waals surface area contributed by atoms with E-state index in [0.29, 0.717) is 0 Å². The first-order valence-electron chi connectivity index (χ1n) is 5.57. The summed E-state index contributed by atoms with van der Waals surface area (Å²) in [6, 6.07) is 0. The van der Waals surface area contributed by atoms with Crippen molar-refractivity contribution in [3.8, 4) is 0 Å². The second-order valence-electron chi connectivity index (χ2n) is 3.91. The van der Waals surface area contributed by atoms with Gasteiger partial charge >= 0.3 is 0 Å². The maximum Gasteiger partial charge on any atom is 0.197 e. The van der Waals surface area contributed by atoms with Crippen molar-refractivity contribution in [2.45, 2.75) is 25.1 Å². The minimum Gasteiger partial charge on any atom is -0.300 e. The number of hydrogen-bond donors (Lipinski definition) is 2. The summed E-state index contributed by atoms with van der Waals surface area (Å²) in [6.45, 7) is 5.66. The molecule has 1 atom stereocenters. The highest BCUT2D eigenvalue weighted by atomic mass is 32.2. The third-order valence-corrected chi connectivity index (χ3v) is 5.02. The van der Waals surface area contributed by atoms with Gasteiger partial charge < -0.3 is 0 Å². The Balaban J connectivity index is 1.88. The van der Waals surface area contributed by atoms with Crippen molar-refractivity contribution in [1.29, 1.82) is 0 Å². The van der Waals surface area contributed by atoms with Gasteiger partial charge in [0.05, 0.1) is 0 Å².